The van der Waals surface area contributed by atoms with Crippen LogP contribution in [0.15, 0.2) is 52.7 Å². The van der Waals surface area contributed by atoms with E-state index in [2.05, 4.69) is 0 Å². The number of aromatic hydroxyl groups is 4. The van der Waals surface area contributed by atoms with Crippen LogP contribution in [0.4, 0.5) is 0 Å². The van der Waals surface area contributed by atoms with Crippen molar-refractivity contribution in [2.45, 2.75) is 63.1 Å². The average Bonchev–Trinajstić information content (AvgIpc) is 3.11. The van der Waals surface area contributed by atoms with E-state index in [9.17, 15) is 69.9 Å². The van der Waals surface area contributed by atoms with Gasteiger partial charge in [-0.05, 0) is 44.2 Å². The van der Waals surface area contributed by atoms with E-state index in [1.165, 1.54) is 0 Å². The Morgan fingerprint density at radius 1 is 0.765 bits per heavy atom. The van der Waals surface area contributed by atoms with Gasteiger partial charge in [-0.3, -0.25) is 19.2 Å². The van der Waals surface area contributed by atoms with E-state index in [1.807, 2.05) is 24.3 Å². The lowest BCUT2D eigenvalue weighted by molar-refractivity contribution is -0.232. The zero-order chi connectivity index (χ0) is 37.2. The largest absolute Gasteiger partial charge is 0.507 e. The second kappa shape index (κ2) is 13.0. The summed E-state index contributed by atoms with van der Waals surface area (Å²) in [5.74, 6) is -8.05. The highest BCUT2D eigenvalue weighted by atomic mass is 16.5. The first kappa shape index (κ1) is 35.4. The van der Waals surface area contributed by atoms with Crippen molar-refractivity contribution >= 4 is 29.1 Å². The predicted octanol–water partition coefficient (Wildman–Crippen LogP) is 1.24. The molecule has 15 heteroatoms. The van der Waals surface area contributed by atoms with Crippen LogP contribution in [-0.4, -0.2) is 106 Å². The Kier molecular flexibility index (Phi) is 9.03. The number of carboxylic acid groups (broad SMARTS) is 1. The first-order valence-electron chi connectivity index (χ1n) is 15.8. The van der Waals surface area contributed by atoms with Gasteiger partial charge in [0.15, 0.2) is 34.6 Å². The molecule has 2 aromatic carbocycles. The van der Waals surface area contributed by atoms with Gasteiger partial charge in [-0.2, -0.15) is 0 Å². The lowest BCUT2D eigenvalue weighted by Crippen LogP contribution is -2.55. The Hall–Kier alpha value is -5.45. The van der Waals surface area contributed by atoms with Crippen molar-refractivity contribution in [1.82, 2.24) is 0 Å². The highest BCUT2D eigenvalue weighted by Gasteiger charge is 2.48. The number of rotatable bonds is 3. The molecule has 7 rings (SSSR count). The molecule has 1 heterocycles. The van der Waals surface area contributed by atoms with Crippen LogP contribution >= 0.6 is 0 Å². The zero-order valence-corrected chi connectivity index (χ0v) is 26.8. The number of hydrogen-bond donors (Lipinski definition) is 9. The van der Waals surface area contributed by atoms with Gasteiger partial charge in [-0.15, -0.1) is 0 Å². The summed E-state index contributed by atoms with van der Waals surface area (Å²) >= 11 is 0. The average molecular weight is 705 g/mol. The van der Waals surface area contributed by atoms with Gasteiger partial charge in [0.05, 0.1) is 23.3 Å². The molecule has 4 aliphatic carbocycles. The lowest BCUT2D eigenvalue weighted by Gasteiger charge is -2.40. The summed E-state index contributed by atoms with van der Waals surface area (Å²) in [6, 6.07) is 0.716. The van der Waals surface area contributed by atoms with Gasteiger partial charge in [0.25, 0.3) is 0 Å². The highest BCUT2D eigenvalue weighted by molar-refractivity contribution is 6.32. The van der Waals surface area contributed by atoms with Gasteiger partial charge < -0.3 is 50.7 Å². The molecule has 0 amide bonds. The Bertz CT molecular complexity index is 2080. The van der Waals surface area contributed by atoms with Gasteiger partial charge in [-0.1, -0.05) is 24.3 Å². The molecular weight excluding hydrogens is 672 g/mol. The smallest absolute Gasteiger partial charge is 0.339 e. The van der Waals surface area contributed by atoms with E-state index in [0.717, 1.165) is 36.5 Å². The number of hydrogen-bond acceptors (Lipinski definition) is 14. The number of benzene rings is 2. The van der Waals surface area contributed by atoms with Crippen LogP contribution in [0.5, 0.6) is 23.0 Å². The molecular formula is C36H32O15. The lowest BCUT2D eigenvalue weighted by atomic mass is 9.77. The Morgan fingerprint density at radius 3 is 2.02 bits per heavy atom. The van der Waals surface area contributed by atoms with Crippen LogP contribution in [0, 0.1) is 6.92 Å². The maximum absolute atomic E-state index is 13.4. The third kappa shape index (κ3) is 5.37. The monoisotopic (exact) mass is 704 g/mol. The number of aliphatic hydroxyl groups is 4. The Balaban J connectivity index is 0.000000231. The fourth-order valence-electron chi connectivity index (χ4n) is 7.15. The van der Waals surface area contributed by atoms with Crippen LogP contribution in [0.3, 0.4) is 0 Å². The molecule has 0 spiro atoms. The van der Waals surface area contributed by atoms with E-state index in [1.54, 1.807) is 0 Å². The minimum atomic E-state index is -2.03. The van der Waals surface area contributed by atoms with Crippen molar-refractivity contribution in [3.8, 4) is 23.0 Å². The molecule has 0 radical (unpaired) electrons. The maximum Gasteiger partial charge on any atom is 0.339 e. The van der Waals surface area contributed by atoms with Gasteiger partial charge >= 0.3 is 5.97 Å². The van der Waals surface area contributed by atoms with Crippen molar-refractivity contribution in [1.29, 1.82) is 0 Å². The number of aromatic carboxylic acids is 1. The normalized spacial score (nSPS) is 25.2. The molecule has 266 valence electrons. The molecule has 1 saturated heterocycles. The molecule has 9 N–H and O–H groups in total. The van der Waals surface area contributed by atoms with Gasteiger partial charge in [0, 0.05) is 33.4 Å². The Morgan fingerprint density at radius 2 is 1.39 bits per heavy atom. The molecule has 0 saturated carbocycles. The molecule has 1 fully saturated rings. The molecule has 15 nitrogen and oxygen atoms in total. The molecule has 0 unspecified atom stereocenters. The second-order valence-electron chi connectivity index (χ2n) is 12.6. The summed E-state index contributed by atoms with van der Waals surface area (Å²) < 4.78 is 5.30. The summed E-state index contributed by atoms with van der Waals surface area (Å²) in [5.41, 5.74) is -1.65. The van der Waals surface area contributed by atoms with E-state index < -0.39 is 111 Å². The number of carbonyl (C=O) groups excluding carboxylic acids is 4. The van der Waals surface area contributed by atoms with Crippen LogP contribution in [0.2, 0.25) is 0 Å². The quantitative estimate of drug-likeness (QED) is 0.0803. The number of ether oxygens (including phenoxy) is 1. The van der Waals surface area contributed by atoms with Gasteiger partial charge in [0.1, 0.15) is 47.6 Å². The number of aliphatic hydroxyl groups excluding tert-OH is 4. The van der Waals surface area contributed by atoms with Crippen molar-refractivity contribution in [3.05, 3.63) is 91.6 Å². The number of fused-ring (bicyclic) bond motifs is 2. The number of carbonyl (C=O) groups is 5. The zero-order valence-electron chi connectivity index (χ0n) is 26.8. The SMILES string of the molecule is Cc1c(C(=O)O)c(O)cc2c1C(=O)c1c(O)c([C@H]3O[C@H](CO)[C@@H](O)[C@H](O)[C@H]3O)c(O)c(O)c1C2=O.O=C1C2=C(CCC=C2)C(=O)C2=C1CC=CC2. The molecule has 51 heavy (non-hydrogen) atoms. The van der Waals surface area contributed by atoms with Crippen molar-refractivity contribution in [2.24, 2.45) is 0 Å². The third-order valence-corrected chi connectivity index (χ3v) is 9.74. The first-order valence-corrected chi connectivity index (χ1v) is 15.8. The van der Waals surface area contributed by atoms with Gasteiger partial charge in [-0.25, -0.2) is 4.79 Å². The van der Waals surface area contributed by atoms with E-state index in [0.29, 0.717) is 24.5 Å². The summed E-state index contributed by atoms with van der Waals surface area (Å²) in [7, 11) is 0. The summed E-state index contributed by atoms with van der Waals surface area (Å²) in [4.78, 5) is 62.5. The predicted molar refractivity (Wildman–Crippen MR) is 172 cm³/mol. The number of ketones is 4. The van der Waals surface area contributed by atoms with Crippen molar-refractivity contribution < 1.29 is 74.7 Å². The molecule has 2 aromatic rings. The summed E-state index contributed by atoms with van der Waals surface area (Å²) in [6.45, 7) is 0.291. The molecule has 1 aliphatic heterocycles. The number of phenols is 4. The number of carboxylic acids is 1. The van der Waals surface area contributed by atoms with Crippen LogP contribution in [0.1, 0.15) is 85.1 Å². The van der Waals surface area contributed by atoms with Crippen molar-refractivity contribution in [3.63, 3.8) is 0 Å². The highest BCUT2D eigenvalue weighted by Crippen LogP contribution is 2.52. The molecule has 0 bridgehead atoms. The molecule has 5 atom stereocenters. The van der Waals surface area contributed by atoms with E-state index in [-0.39, 0.29) is 17.1 Å². The second-order valence-corrected chi connectivity index (χ2v) is 12.6. The van der Waals surface area contributed by atoms with Crippen LogP contribution in [-0.2, 0) is 14.3 Å². The van der Waals surface area contributed by atoms with E-state index in [4.69, 9.17) is 4.74 Å². The van der Waals surface area contributed by atoms with Crippen LogP contribution in [0.25, 0.3) is 0 Å². The standard InChI is InChI=1S/C22H20O13.C14H12O2/c1-4-8-5(2-6(24)9(4)22(33)34)13(25)10-11(15(8)27)16(28)12(18(30)17(10)29)21-20(32)19(31)14(26)7(3-23)35-21;15-13-9-5-1-2-6-10(9)14(16)12-8-4-3-7-11(12)13/h2,7,14,19-21,23-24,26,28-32H,3H2,1H3,(H,33,34);1-3,7H,4-6,8H2/t7-,14-,19+,20-,21-;/m1./s1. The fourth-order valence-corrected chi connectivity index (χ4v) is 7.15. The molecule has 5 aliphatic rings. The molecule has 0 aromatic heterocycles. The van der Waals surface area contributed by atoms with Crippen molar-refractivity contribution in [2.75, 3.05) is 6.61 Å². The Labute approximate surface area is 288 Å². The van der Waals surface area contributed by atoms with Gasteiger partial charge in [0.2, 0.25) is 0 Å². The number of allylic oxidation sites excluding steroid dienone is 8. The third-order valence-electron chi connectivity index (χ3n) is 9.74. The maximum atomic E-state index is 13.4. The summed E-state index contributed by atoms with van der Waals surface area (Å²) in [5, 5.41) is 91.5. The fraction of sp³-hybridized carbons (Fsp3) is 0.306. The minimum Gasteiger partial charge on any atom is -0.507 e. The summed E-state index contributed by atoms with van der Waals surface area (Å²) in [6.07, 6.45) is 1.47. The topological polar surface area (TPSA) is 277 Å². The first-order chi connectivity index (χ1) is 24.1. The number of Topliss-reactive ketones (excluding diaryl/α,β-unsaturated/α-hetero) is 2. The number of phenolic OH excluding ortho intramolecular Hbond substituents is 3. The van der Waals surface area contributed by atoms with E-state index >= 15 is 0 Å². The van der Waals surface area contributed by atoms with Crippen LogP contribution < -0.4 is 0 Å². The minimum absolute atomic E-state index is 0.0740.